The molecule has 0 radical (unpaired) electrons. The topological polar surface area (TPSA) is 46.5 Å². The van der Waals surface area contributed by atoms with Crippen LogP contribution in [0.5, 0.6) is 0 Å². The van der Waals surface area contributed by atoms with Gasteiger partial charge in [-0.15, -0.1) is 0 Å². The number of rotatable bonds is 3. The maximum Gasteiger partial charge on any atom is 0.308 e. The van der Waals surface area contributed by atoms with Gasteiger partial charge >= 0.3 is 5.97 Å². The Balaban J connectivity index is 2.85. The van der Waals surface area contributed by atoms with Crippen LogP contribution in [0.1, 0.15) is 18.1 Å². The van der Waals surface area contributed by atoms with Crippen LogP contribution in [0.25, 0.3) is 0 Å². The first kappa shape index (κ1) is 11.9. The molecule has 1 aromatic rings. The van der Waals surface area contributed by atoms with E-state index < -0.39 is 17.9 Å². The number of ether oxygens (including phenoxy) is 1. The summed E-state index contributed by atoms with van der Waals surface area (Å²) in [6, 6.07) is 3.60. The van der Waals surface area contributed by atoms with Gasteiger partial charge in [0.25, 0.3) is 0 Å². The lowest BCUT2D eigenvalue weighted by atomic mass is 10.1. The van der Waals surface area contributed by atoms with Gasteiger partial charge in [-0.3, -0.25) is 4.79 Å². The summed E-state index contributed by atoms with van der Waals surface area (Å²) < 4.78 is 17.2. The van der Waals surface area contributed by atoms with E-state index in [2.05, 4.69) is 4.74 Å². The Morgan fingerprint density at radius 3 is 2.93 bits per heavy atom. The van der Waals surface area contributed by atoms with Crippen molar-refractivity contribution in [3.05, 3.63) is 34.6 Å². The van der Waals surface area contributed by atoms with Gasteiger partial charge in [0.15, 0.2) is 0 Å². The summed E-state index contributed by atoms with van der Waals surface area (Å²) in [5, 5.41) is 9.79. The van der Waals surface area contributed by atoms with Crippen LogP contribution < -0.4 is 0 Å². The quantitative estimate of drug-likeness (QED) is 0.812. The van der Waals surface area contributed by atoms with Crippen LogP contribution in [0.15, 0.2) is 18.2 Å². The van der Waals surface area contributed by atoms with E-state index in [0.717, 1.165) is 6.07 Å². The number of carbonyl (C=O) groups is 1. The summed E-state index contributed by atoms with van der Waals surface area (Å²) in [7, 11) is 1.21. The first-order valence-corrected chi connectivity index (χ1v) is 4.62. The molecule has 0 fully saturated rings. The molecule has 1 unspecified atom stereocenters. The van der Waals surface area contributed by atoms with Crippen LogP contribution in [-0.4, -0.2) is 18.2 Å². The van der Waals surface area contributed by atoms with Crippen LogP contribution in [0, 0.1) is 5.82 Å². The summed E-state index contributed by atoms with van der Waals surface area (Å²) in [4.78, 5) is 10.9. The van der Waals surface area contributed by atoms with Gasteiger partial charge in [0.05, 0.1) is 19.6 Å². The predicted molar refractivity (Wildman–Crippen MR) is 53.0 cm³/mol. The Hall–Kier alpha value is -1.13. The van der Waals surface area contributed by atoms with Gasteiger partial charge in [0.1, 0.15) is 5.82 Å². The normalized spacial score (nSPS) is 12.3. The molecule has 0 spiro atoms. The van der Waals surface area contributed by atoms with Gasteiger partial charge in [-0.25, -0.2) is 4.39 Å². The molecule has 1 atom stereocenters. The maximum absolute atomic E-state index is 12.8. The number of benzene rings is 1. The number of esters is 1. The fraction of sp³-hybridized carbons (Fsp3) is 0.300. The van der Waals surface area contributed by atoms with Gasteiger partial charge in [0, 0.05) is 10.6 Å². The Morgan fingerprint density at radius 2 is 2.33 bits per heavy atom. The zero-order valence-corrected chi connectivity index (χ0v) is 8.79. The fourth-order valence-corrected chi connectivity index (χ4v) is 1.36. The van der Waals surface area contributed by atoms with E-state index in [-0.39, 0.29) is 17.0 Å². The monoisotopic (exact) mass is 232 g/mol. The number of carbonyl (C=O) groups excluding carboxylic acids is 1. The van der Waals surface area contributed by atoms with E-state index >= 15 is 0 Å². The van der Waals surface area contributed by atoms with E-state index in [1.165, 1.54) is 19.2 Å². The van der Waals surface area contributed by atoms with Crippen molar-refractivity contribution in [2.24, 2.45) is 0 Å². The van der Waals surface area contributed by atoms with Crippen LogP contribution in [-0.2, 0) is 9.53 Å². The molecule has 5 heteroatoms. The van der Waals surface area contributed by atoms with Crippen LogP contribution in [0.2, 0.25) is 5.02 Å². The Morgan fingerprint density at radius 1 is 1.67 bits per heavy atom. The Labute approximate surface area is 91.4 Å². The van der Waals surface area contributed by atoms with Crippen molar-refractivity contribution in [2.75, 3.05) is 7.11 Å². The lowest BCUT2D eigenvalue weighted by Crippen LogP contribution is -2.08. The van der Waals surface area contributed by atoms with Crippen molar-refractivity contribution in [2.45, 2.75) is 12.5 Å². The minimum Gasteiger partial charge on any atom is -0.469 e. The highest BCUT2D eigenvalue weighted by Gasteiger charge is 2.16. The van der Waals surface area contributed by atoms with Gasteiger partial charge in [0.2, 0.25) is 0 Å². The van der Waals surface area contributed by atoms with E-state index in [1.807, 2.05) is 0 Å². The molecule has 0 aliphatic heterocycles. The highest BCUT2D eigenvalue weighted by Crippen LogP contribution is 2.26. The van der Waals surface area contributed by atoms with Crippen LogP contribution in [0.3, 0.4) is 0 Å². The average molecular weight is 233 g/mol. The van der Waals surface area contributed by atoms with Crippen molar-refractivity contribution in [1.82, 2.24) is 0 Å². The molecule has 82 valence electrons. The first-order chi connectivity index (χ1) is 7.04. The minimum atomic E-state index is -1.15. The summed E-state index contributed by atoms with van der Waals surface area (Å²) in [5.41, 5.74) is 0.182. The lowest BCUT2D eigenvalue weighted by molar-refractivity contribution is -0.142. The highest BCUT2D eigenvalue weighted by molar-refractivity contribution is 6.31. The van der Waals surface area contributed by atoms with Crippen molar-refractivity contribution in [3.63, 3.8) is 0 Å². The largest absolute Gasteiger partial charge is 0.469 e. The maximum atomic E-state index is 12.8. The first-order valence-electron chi connectivity index (χ1n) is 4.24. The van der Waals surface area contributed by atoms with Gasteiger partial charge in [-0.05, 0) is 18.2 Å². The predicted octanol–water partition coefficient (Wildman–Crippen LogP) is 2.08. The zero-order chi connectivity index (χ0) is 11.4. The molecule has 0 heterocycles. The number of methoxy groups -OCH3 is 1. The average Bonchev–Trinajstić information content (AvgIpc) is 2.21. The van der Waals surface area contributed by atoms with Crippen molar-refractivity contribution in [1.29, 1.82) is 0 Å². The van der Waals surface area contributed by atoms with E-state index in [1.54, 1.807) is 0 Å². The number of hydrogen-bond acceptors (Lipinski definition) is 3. The van der Waals surface area contributed by atoms with E-state index in [0.29, 0.717) is 0 Å². The molecule has 1 aromatic carbocycles. The summed E-state index contributed by atoms with van der Waals surface area (Å²) in [5.74, 6) is -1.10. The smallest absolute Gasteiger partial charge is 0.308 e. The molecular formula is C10H10ClFO3. The Bertz CT molecular complexity index is 368. The Kier molecular flexibility index (Phi) is 4.05. The van der Waals surface area contributed by atoms with Crippen LogP contribution in [0.4, 0.5) is 4.39 Å². The van der Waals surface area contributed by atoms with Crippen molar-refractivity contribution in [3.8, 4) is 0 Å². The second-order valence-corrected chi connectivity index (χ2v) is 3.37. The minimum absolute atomic E-state index is 0.182. The molecule has 0 aliphatic carbocycles. The molecule has 0 saturated carbocycles. The number of aliphatic hydroxyl groups is 1. The second-order valence-electron chi connectivity index (χ2n) is 2.96. The molecular weight excluding hydrogens is 223 g/mol. The summed E-state index contributed by atoms with van der Waals surface area (Å²) in [6.45, 7) is 0. The standard InChI is InChI=1S/C10H10ClFO3/c1-15-10(14)5-9(13)7-4-6(12)2-3-8(7)11/h2-4,9,13H,5H2,1H3. The van der Waals surface area contributed by atoms with Gasteiger partial charge in [-0.1, -0.05) is 11.6 Å². The fourth-order valence-electron chi connectivity index (χ4n) is 1.12. The zero-order valence-electron chi connectivity index (χ0n) is 8.04. The van der Waals surface area contributed by atoms with E-state index in [9.17, 15) is 14.3 Å². The molecule has 3 nitrogen and oxygen atoms in total. The number of halogens is 2. The van der Waals surface area contributed by atoms with Crippen molar-refractivity contribution < 1.29 is 19.0 Å². The third-order valence-corrected chi connectivity index (χ3v) is 2.25. The molecule has 0 saturated heterocycles. The SMILES string of the molecule is COC(=O)CC(O)c1cc(F)ccc1Cl. The van der Waals surface area contributed by atoms with Gasteiger partial charge in [-0.2, -0.15) is 0 Å². The summed E-state index contributed by atoms with van der Waals surface area (Å²) in [6.07, 6.45) is -1.40. The molecule has 15 heavy (non-hydrogen) atoms. The van der Waals surface area contributed by atoms with Crippen molar-refractivity contribution >= 4 is 17.6 Å². The molecule has 0 aliphatic rings. The molecule has 0 aromatic heterocycles. The van der Waals surface area contributed by atoms with E-state index in [4.69, 9.17) is 11.6 Å². The number of aliphatic hydroxyl groups excluding tert-OH is 1. The molecule has 1 rings (SSSR count). The molecule has 0 amide bonds. The lowest BCUT2D eigenvalue weighted by Gasteiger charge is -2.11. The third kappa shape index (κ3) is 3.18. The molecule has 1 N–H and O–H groups in total. The van der Waals surface area contributed by atoms with Gasteiger partial charge < -0.3 is 9.84 Å². The number of hydrogen-bond donors (Lipinski definition) is 1. The molecule has 0 bridgehead atoms. The second kappa shape index (κ2) is 5.09. The third-order valence-electron chi connectivity index (χ3n) is 1.90. The highest BCUT2D eigenvalue weighted by atomic mass is 35.5. The summed E-state index contributed by atoms with van der Waals surface area (Å²) >= 11 is 5.74. The van der Waals surface area contributed by atoms with Crippen LogP contribution >= 0.6 is 11.6 Å².